The summed E-state index contributed by atoms with van der Waals surface area (Å²) in [5.74, 6) is -1.63. The van der Waals surface area contributed by atoms with Crippen LogP contribution in [0.4, 0.5) is 0 Å². The van der Waals surface area contributed by atoms with Crippen LogP contribution >= 0.6 is 0 Å². The van der Waals surface area contributed by atoms with Crippen molar-refractivity contribution in [1.29, 1.82) is 0 Å². The van der Waals surface area contributed by atoms with Crippen LogP contribution in [0.1, 0.15) is 37.8 Å². The number of carbonyl (C=O) groups excluding carboxylic acids is 2. The zero-order valence-corrected chi connectivity index (χ0v) is 21.8. The number of ether oxygens (including phenoxy) is 4. The van der Waals surface area contributed by atoms with Crippen LogP contribution in [0.3, 0.4) is 0 Å². The van der Waals surface area contributed by atoms with Gasteiger partial charge in [-0.3, -0.25) is 9.59 Å². The van der Waals surface area contributed by atoms with E-state index in [1.54, 1.807) is 0 Å². The molecule has 0 spiro atoms. The minimum Gasteiger partial charge on any atom is -0.454 e. The van der Waals surface area contributed by atoms with Crippen LogP contribution in [0.25, 0.3) is 0 Å². The van der Waals surface area contributed by atoms with Gasteiger partial charge in [0.2, 0.25) is 0 Å². The van der Waals surface area contributed by atoms with Crippen LogP contribution in [0.2, 0.25) is 0 Å². The van der Waals surface area contributed by atoms with Crippen molar-refractivity contribution >= 4 is 11.9 Å². The Bertz CT molecular complexity index is 891. The lowest BCUT2D eigenvalue weighted by molar-refractivity contribution is -0.191. The Hall–Kier alpha value is -2.86. The molecule has 2 aromatic rings. The third-order valence-electron chi connectivity index (χ3n) is 5.98. The highest BCUT2D eigenvalue weighted by Gasteiger charge is 2.39. The van der Waals surface area contributed by atoms with Gasteiger partial charge in [0.25, 0.3) is 0 Å². The number of aliphatic hydroxyl groups excluding tert-OH is 4. The van der Waals surface area contributed by atoms with Crippen molar-refractivity contribution in [2.45, 2.75) is 63.3 Å². The maximum absolute atomic E-state index is 12.5. The second-order valence-corrected chi connectivity index (χ2v) is 9.43. The second-order valence-electron chi connectivity index (χ2n) is 9.43. The fourth-order valence-corrected chi connectivity index (χ4v) is 3.49. The number of carbonyl (C=O) groups is 2. The van der Waals surface area contributed by atoms with Crippen molar-refractivity contribution < 1.29 is 49.0 Å². The van der Waals surface area contributed by atoms with Gasteiger partial charge in [0, 0.05) is 0 Å². The molecule has 0 saturated carbocycles. The molecule has 0 amide bonds. The van der Waals surface area contributed by atoms with Crippen LogP contribution in [-0.4, -0.2) is 82.2 Å². The number of esters is 2. The molecule has 2 aromatic carbocycles. The number of rotatable bonds is 17. The maximum Gasteiger partial charge on any atom is 0.307 e. The summed E-state index contributed by atoms with van der Waals surface area (Å²) in [6.07, 6.45) is -3.61. The Kier molecular flexibility index (Phi) is 12.8. The molecule has 0 fully saturated rings. The molecular formula is C28H38O10. The van der Waals surface area contributed by atoms with E-state index in [-0.39, 0.29) is 39.3 Å². The molecule has 10 heteroatoms. The molecule has 10 nitrogen and oxygen atoms in total. The van der Waals surface area contributed by atoms with E-state index in [2.05, 4.69) is 0 Å². The summed E-state index contributed by atoms with van der Waals surface area (Å²) in [5, 5.41) is 39.4. The average Bonchev–Trinajstić information content (AvgIpc) is 2.92. The predicted molar refractivity (Wildman–Crippen MR) is 137 cm³/mol. The largest absolute Gasteiger partial charge is 0.454 e. The van der Waals surface area contributed by atoms with Crippen molar-refractivity contribution in [3.63, 3.8) is 0 Å². The second kappa shape index (κ2) is 15.5. The fraction of sp³-hybridized carbons (Fsp3) is 0.500. The molecule has 0 saturated heterocycles. The highest BCUT2D eigenvalue weighted by atomic mass is 16.6. The van der Waals surface area contributed by atoms with E-state index < -0.39 is 48.6 Å². The van der Waals surface area contributed by atoms with E-state index in [4.69, 9.17) is 18.9 Å². The van der Waals surface area contributed by atoms with Crippen LogP contribution in [0, 0.1) is 0 Å². The van der Waals surface area contributed by atoms with Gasteiger partial charge in [0.15, 0.2) is 11.2 Å². The third-order valence-corrected chi connectivity index (χ3v) is 5.98. The van der Waals surface area contributed by atoms with E-state index in [1.807, 2.05) is 60.7 Å². The van der Waals surface area contributed by atoms with Crippen LogP contribution in [0.5, 0.6) is 0 Å². The summed E-state index contributed by atoms with van der Waals surface area (Å²) in [6.45, 7) is 1.54. The topological polar surface area (TPSA) is 152 Å². The van der Waals surface area contributed by atoms with Crippen molar-refractivity contribution in [2.24, 2.45) is 0 Å². The lowest BCUT2D eigenvalue weighted by atomic mass is 10.00. The molecule has 210 valence electrons. The molecule has 4 N–H and O–H groups in total. The summed E-state index contributed by atoms with van der Waals surface area (Å²) in [4.78, 5) is 25.0. The molecule has 2 rings (SSSR count). The lowest BCUT2D eigenvalue weighted by Crippen LogP contribution is -2.50. The summed E-state index contributed by atoms with van der Waals surface area (Å²) in [7, 11) is 0. The van der Waals surface area contributed by atoms with Gasteiger partial charge in [0.05, 0.1) is 52.5 Å². The van der Waals surface area contributed by atoms with E-state index in [0.717, 1.165) is 11.1 Å². The Balaban J connectivity index is 1.88. The number of hydrogen-bond donors (Lipinski definition) is 4. The predicted octanol–water partition coefficient (Wildman–Crippen LogP) is 1.51. The van der Waals surface area contributed by atoms with Crippen molar-refractivity contribution in [2.75, 3.05) is 26.4 Å². The first-order valence-electron chi connectivity index (χ1n) is 12.4. The van der Waals surface area contributed by atoms with Gasteiger partial charge in [-0.2, -0.15) is 0 Å². The van der Waals surface area contributed by atoms with Crippen LogP contribution < -0.4 is 0 Å². The number of benzene rings is 2. The van der Waals surface area contributed by atoms with E-state index in [1.165, 1.54) is 13.8 Å². The first kappa shape index (κ1) is 31.4. The summed E-state index contributed by atoms with van der Waals surface area (Å²) in [6, 6.07) is 18.5. The first-order chi connectivity index (χ1) is 18.1. The highest BCUT2D eigenvalue weighted by Crippen LogP contribution is 2.21. The molecule has 4 atom stereocenters. The van der Waals surface area contributed by atoms with Gasteiger partial charge in [-0.15, -0.1) is 0 Å². The minimum absolute atomic E-state index is 0.195. The van der Waals surface area contributed by atoms with Gasteiger partial charge in [-0.1, -0.05) is 60.7 Å². The quantitative estimate of drug-likeness (QED) is 0.220. The summed E-state index contributed by atoms with van der Waals surface area (Å²) in [5.41, 5.74) is -1.36. The average molecular weight is 535 g/mol. The summed E-state index contributed by atoms with van der Waals surface area (Å²) >= 11 is 0. The van der Waals surface area contributed by atoms with Crippen molar-refractivity contribution in [3.8, 4) is 0 Å². The van der Waals surface area contributed by atoms with Gasteiger partial charge in [0.1, 0.15) is 12.2 Å². The van der Waals surface area contributed by atoms with Gasteiger partial charge in [-0.05, 0) is 25.0 Å². The van der Waals surface area contributed by atoms with Crippen molar-refractivity contribution in [3.05, 3.63) is 71.8 Å². The Morgan fingerprint density at radius 1 is 0.684 bits per heavy atom. The molecule has 0 unspecified atom stereocenters. The molecule has 38 heavy (non-hydrogen) atoms. The smallest absolute Gasteiger partial charge is 0.307 e. The standard InChI is InChI=1S/C28H38O10/c1-27(23(31)15-29,19-35-17-21-9-5-3-6-10-21)37-25(33)13-14-26(34)38-28(2,24(32)16-30)20-36-18-22-11-7-4-8-12-22/h3-12,23-24,29-32H,13-20H2,1-2H3/t23-,24-,27-,28-/m1/s1. The molecule has 0 radical (unpaired) electrons. The van der Waals surface area contributed by atoms with Gasteiger partial charge < -0.3 is 39.4 Å². The van der Waals surface area contributed by atoms with E-state index in [9.17, 15) is 30.0 Å². The Morgan fingerprint density at radius 3 is 1.34 bits per heavy atom. The zero-order valence-electron chi connectivity index (χ0n) is 21.8. The lowest BCUT2D eigenvalue weighted by Gasteiger charge is -2.34. The molecule has 0 heterocycles. The Morgan fingerprint density at radius 2 is 1.03 bits per heavy atom. The monoisotopic (exact) mass is 534 g/mol. The SMILES string of the molecule is C[C@](COCc1ccccc1)(OC(=O)CCC(=O)O[C@](C)(COCc1ccccc1)[C@H](O)CO)[C@H](O)CO. The van der Waals surface area contributed by atoms with E-state index >= 15 is 0 Å². The highest BCUT2D eigenvalue weighted by molar-refractivity contribution is 5.78. The molecule has 0 aliphatic rings. The number of hydrogen-bond acceptors (Lipinski definition) is 10. The van der Waals surface area contributed by atoms with E-state index in [0.29, 0.717) is 0 Å². The normalized spacial score (nSPS) is 16.1. The molecule has 0 bridgehead atoms. The van der Waals surface area contributed by atoms with Crippen molar-refractivity contribution in [1.82, 2.24) is 0 Å². The molecule has 0 aliphatic carbocycles. The fourth-order valence-electron chi connectivity index (χ4n) is 3.49. The molecule has 0 aliphatic heterocycles. The van der Waals surface area contributed by atoms with Crippen LogP contribution in [0.15, 0.2) is 60.7 Å². The minimum atomic E-state index is -1.56. The molecule has 0 aromatic heterocycles. The van der Waals surface area contributed by atoms with Crippen LogP contribution in [-0.2, 0) is 41.8 Å². The van der Waals surface area contributed by atoms with Gasteiger partial charge >= 0.3 is 11.9 Å². The van der Waals surface area contributed by atoms with Gasteiger partial charge in [-0.25, -0.2) is 0 Å². The summed E-state index contributed by atoms with van der Waals surface area (Å²) < 4.78 is 22.0. The third kappa shape index (κ3) is 10.1. The zero-order chi connectivity index (χ0) is 28.0. The molecular weight excluding hydrogens is 496 g/mol. The first-order valence-corrected chi connectivity index (χ1v) is 12.4. The Labute approximate surface area is 222 Å². The maximum atomic E-state index is 12.5. The number of aliphatic hydroxyl groups is 4.